The van der Waals surface area contributed by atoms with E-state index in [1.54, 1.807) is 23.6 Å². The van der Waals surface area contributed by atoms with Gasteiger partial charge in [-0.05, 0) is 11.4 Å². The number of ether oxygens (including phenoxy) is 3. The zero-order valence-electron chi connectivity index (χ0n) is 22.1. The number of aromatic nitrogens is 3. The summed E-state index contributed by atoms with van der Waals surface area (Å²) in [6.45, 7) is 9.27. The largest absolute Gasteiger partial charge is 0.480 e. The summed E-state index contributed by atoms with van der Waals surface area (Å²) in [5.41, 5.74) is 3.77. The van der Waals surface area contributed by atoms with E-state index >= 15 is 0 Å². The highest BCUT2D eigenvalue weighted by Gasteiger charge is 2.29. The highest BCUT2D eigenvalue weighted by Crippen LogP contribution is 2.37. The molecule has 1 N–H and O–H groups in total. The van der Waals surface area contributed by atoms with E-state index in [2.05, 4.69) is 29.8 Å². The van der Waals surface area contributed by atoms with Crippen LogP contribution in [-0.2, 0) is 26.0 Å². The number of rotatable bonds is 8. The molecule has 0 spiro atoms. The predicted octanol–water partition coefficient (Wildman–Crippen LogP) is 1.49. The standard InChI is InChI=1S/C25H33N7O5S2/c1-35-24-20(29-39(2,33)34)11-17(12-26-24)21-23-22(28-25(27-21)32-7-9-36-10-8-32)18(16-38-23)13-30-3-5-31(6-4-30)19-14-37-15-19/h11-12,16,19,29H,3-10,13-15H2,1-2H3. The third kappa shape index (κ3) is 5.81. The van der Waals surface area contributed by atoms with Crippen molar-refractivity contribution < 1.29 is 22.6 Å². The molecular formula is C25H33N7O5S2. The normalized spacial score (nSPS) is 19.8. The first kappa shape index (κ1) is 26.6. The Morgan fingerprint density at radius 2 is 1.87 bits per heavy atom. The SMILES string of the molecule is COc1ncc(-c2nc(N3CCOCC3)nc3c(CN4CCN(C5COC5)CC4)csc23)cc1NS(C)(=O)=O. The Bertz CT molecular complexity index is 1430. The topological polar surface area (TPSA) is 122 Å². The fourth-order valence-electron chi connectivity index (χ4n) is 5.15. The molecule has 210 valence electrons. The molecule has 3 aliphatic heterocycles. The summed E-state index contributed by atoms with van der Waals surface area (Å²) in [5, 5.41) is 2.17. The second-order valence-corrected chi connectivity index (χ2v) is 12.7. The third-order valence-electron chi connectivity index (χ3n) is 7.32. The van der Waals surface area contributed by atoms with Gasteiger partial charge in [0.15, 0.2) is 0 Å². The number of nitrogens with zero attached hydrogens (tertiary/aromatic N) is 6. The molecule has 0 bridgehead atoms. The van der Waals surface area contributed by atoms with E-state index in [4.69, 9.17) is 24.2 Å². The fraction of sp³-hybridized carbons (Fsp3) is 0.560. The molecule has 6 heterocycles. The summed E-state index contributed by atoms with van der Waals surface area (Å²) >= 11 is 1.61. The smallest absolute Gasteiger partial charge is 0.238 e. The van der Waals surface area contributed by atoms with Gasteiger partial charge in [-0.3, -0.25) is 14.5 Å². The Balaban J connectivity index is 1.35. The molecule has 14 heteroatoms. The molecule has 3 aliphatic rings. The summed E-state index contributed by atoms with van der Waals surface area (Å²) in [6, 6.07) is 2.29. The van der Waals surface area contributed by atoms with Crippen molar-refractivity contribution in [2.45, 2.75) is 12.6 Å². The number of piperazine rings is 1. The number of fused-ring (bicyclic) bond motifs is 1. The monoisotopic (exact) mass is 575 g/mol. The zero-order valence-corrected chi connectivity index (χ0v) is 23.8. The third-order valence-corrected chi connectivity index (χ3v) is 8.94. The predicted molar refractivity (Wildman–Crippen MR) is 150 cm³/mol. The van der Waals surface area contributed by atoms with Crippen LogP contribution in [0.4, 0.5) is 11.6 Å². The number of anilines is 2. The minimum atomic E-state index is -3.53. The highest BCUT2D eigenvalue weighted by atomic mass is 32.2. The van der Waals surface area contributed by atoms with Crippen molar-refractivity contribution in [1.29, 1.82) is 0 Å². The molecule has 0 aromatic carbocycles. The minimum absolute atomic E-state index is 0.197. The highest BCUT2D eigenvalue weighted by molar-refractivity contribution is 7.92. The van der Waals surface area contributed by atoms with Crippen LogP contribution < -0.4 is 14.4 Å². The molecule has 6 rings (SSSR count). The van der Waals surface area contributed by atoms with E-state index in [1.165, 1.54) is 12.7 Å². The molecule has 39 heavy (non-hydrogen) atoms. The van der Waals surface area contributed by atoms with Gasteiger partial charge in [-0.1, -0.05) is 0 Å². The lowest BCUT2D eigenvalue weighted by atomic mass is 10.1. The van der Waals surface area contributed by atoms with Gasteiger partial charge >= 0.3 is 0 Å². The number of pyridine rings is 1. The van der Waals surface area contributed by atoms with Crippen LogP contribution in [-0.4, -0.2) is 118 Å². The maximum Gasteiger partial charge on any atom is 0.238 e. The summed E-state index contributed by atoms with van der Waals surface area (Å²) in [7, 11) is -2.08. The molecule has 0 unspecified atom stereocenters. The van der Waals surface area contributed by atoms with Crippen molar-refractivity contribution in [2.24, 2.45) is 0 Å². The van der Waals surface area contributed by atoms with Gasteiger partial charge in [0.2, 0.25) is 21.9 Å². The van der Waals surface area contributed by atoms with E-state index in [0.29, 0.717) is 43.9 Å². The van der Waals surface area contributed by atoms with E-state index in [9.17, 15) is 8.42 Å². The molecule has 12 nitrogen and oxygen atoms in total. The number of sulfonamides is 1. The zero-order chi connectivity index (χ0) is 27.0. The summed E-state index contributed by atoms with van der Waals surface area (Å²) in [5.74, 6) is 0.839. The second kappa shape index (κ2) is 11.1. The average molecular weight is 576 g/mol. The molecule has 3 fully saturated rings. The summed E-state index contributed by atoms with van der Waals surface area (Å²) in [4.78, 5) is 21.6. The Hall–Kier alpha value is -2.62. The molecule has 0 atom stereocenters. The maximum atomic E-state index is 12.0. The van der Waals surface area contributed by atoms with Crippen LogP contribution in [0, 0.1) is 0 Å². The summed E-state index contributed by atoms with van der Waals surface area (Å²) in [6.07, 6.45) is 2.77. The van der Waals surface area contributed by atoms with Gasteiger partial charge in [-0.25, -0.2) is 23.4 Å². The van der Waals surface area contributed by atoms with Crippen LogP contribution in [0.5, 0.6) is 5.88 Å². The quantitative estimate of drug-likeness (QED) is 0.420. The number of hydrogen-bond acceptors (Lipinski definition) is 12. The number of morpholine rings is 1. The van der Waals surface area contributed by atoms with Gasteiger partial charge < -0.3 is 19.1 Å². The van der Waals surface area contributed by atoms with E-state index < -0.39 is 10.0 Å². The molecule has 0 saturated carbocycles. The van der Waals surface area contributed by atoms with Gasteiger partial charge in [0, 0.05) is 63.1 Å². The van der Waals surface area contributed by atoms with E-state index in [-0.39, 0.29) is 11.6 Å². The molecule has 0 aliphatic carbocycles. The first-order valence-electron chi connectivity index (χ1n) is 13.0. The Morgan fingerprint density at radius 1 is 1.10 bits per heavy atom. The first-order valence-corrected chi connectivity index (χ1v) is 15.8. The lowest BCUT2D eigenvalue weighted by Crippen LogP contribution is -2.56. The van der Waals surface area contributed by atoms with Crippen molar-refractivity contribution in [2.75, 3.05) is 88.7 Å². The van der Waals surface area contributed by atoms with Gasteiger partial charge in [-0.15, -0.1) is 11.3 Å². The van der Waals surface area contributed by atoms with Crippen LogP contribution in [0.25, 0.3) is 21.5 Å². The number of thiophene rings is 1. The molecule has 3 aromatic heterocycles. The van der Waals surface area contributed by atoms with E-state index in [1.807, 2.05) is 0 Å². The van der Waals surface area contributed by atoms with E-state index in [0.717, 1.165) is 68.1 Å². The molecule has 3 aromatic rings. The Morgan fingerprint density at radius 3 is 2.54 bits per heavy atom. The number of methoxy groups -OCH3 is 1. The molecular weight excluding hydrogens is 542 g/mol. The van der Waals surface area contributed by atoms with Crippen molar-refractivity contribution in [3.63, 3.8) is 0 Å². The van der Waals surface area contributed by atoms with Gasteiger partial charge in [-0.2, -0.15) is 0 Å². The molecule has 0 amide bonds. The Labute approximate surface area is 231 Å². The molecule has 3 saturated heterocycles. The van der Waals surface area contributed by atoms with Crippen LogP contribution in [0.15, 0.2) is 17.6 Å². The van der Waals surface area contributed by atoms with Crippen LogP contribution >= 0.6 is 11.3 Å². The molecule has 0 radical (unpaired) electrons. The number of hydrogen-bond donors (Lipinski definition) is 1. The lowest BCUT2D eigenvalue weighted by Gasteiger charge is -2.42. The summed E-state index contributed by atoms with van der Waals surface area (Å²) < 4.78 is 43.7. The van der Waals surface area contributed by atoms with Crippen LogP contribution in [0.2, 0.25) is 0 Å². The Kier molecular flexibility index (Phi) is 7.57. The second-order valence-electron chi connectivity index (χ2n) is 10.1. The van der Waals surface area contributed by atoms with Crippen molar-refractivity contribution in [1.82, 2.24) is 24.8 Å². The van der Waals surface area contributed by atoms with Crippen molar-refractivity contribution >= 4 is 43.2 Å². The fourth-order valence-corrected chi connectivity index (χ4v) is 6.70. The average Bonchev–Trinajstić information content (AvgIpc) is 3.30. The van der Waals surface area contributed by atoms with Crippen LogP contribution in [0.1, 0.15) is 5.56 Å². The van der Waals surface area contributed by atoms with Gasteiger partial charge in [0.25, 0.3) is 0 Å². The van der Waals surface area contributed by atoms with Crippen molar-refractivity contribution in [3.05, 3.63) is 23.2 Å². The first-order chi connectivity index (χ1) is 18.9. The van der Waals surface area contributed by atoms with Gasteiger partial charge in [0.1, 0.15) is 5.69 Å². The van der Waals surface area contributed by atoms with Crippen LogP contribution in [0.3, 0.4) is 0 Å². The number of nitrogens with one attached hydrogen (secondary N) is 1. The van der Waals surface area contributed by atoms with Crippen molar-refractivity contribution in [3.8, 4) is 17.1 Å². The maximum absolute atomic E-state index is 12.0. The lowest BCUT2D eigenvalue weighted by molar-refractivity contribution is -0.0773. The minimum Gasteiger partial charge on any atom is -0.480 e. The van der Waals surface area contributed by atoms with Gasteiger partial charge in [0.05, 0.1) is 61.7 Å².